The molecular formula is C24H26N4O2. The number of ether oxygens (including phenoxy) is 1. The number of anilines is 1. The van der Waals surface area contributed by atoms with Crippen LogP contribution in [-0.4, -0.2) is 42.5 Å². The first-order chi connectivity index (χ1) is 14.7. The number of hydrogen-bond donors (Lipinski definition) is 0. The molecule has 6 nitrogen and oxygen atoms in total. The number of nitrogens with zero attached hydrogens (tertiary/aromatic N) is 4. The Morgan fingerprint density at radius 1 is 1.17 bits per heavy atom. The number of amides is 1. The van der Waals surface area contributed by atoms with Crippen LogP contribution in [0.3, 0.4) is 0 Å². The largest absolute Gasteiger partial charge is 0.480 e. The maximum absolute atomic E-state index is 13.2. The summed E-state index contributed by atoms with van der Waals surface area (Å²) in [6.45, 7) is 2.45. The number of carbonyl (C=O) groups is 1. The van der Waals surface area contributed by atoms with Crippen molar-refractivity contribution in [2.24, 2.45) is 17.8 Å². The van der Waals surface area contributed by atoms with Crippen LogP contribution >= 0.6 is 0 Å². The molecule has 1 aliphatic carbocycles. The third-order valence-corrected chi connectivity index (χ3v) is 7.08. The van der Waals surface area contributed by atoms with Gasteiger partial charge in [0.25, 0.3) is 0 Å². The van der Waals surface area contributed by atoms with E-state index in [2.05, 4.69) is 45.1 Å². The molecule has 154 valence electrons. The molecule has 1 aromatic carbocycles. The lowest BCUT2D eigenvalue weighted by atomic mass is 9.83. The zero-order valence-corrected chi connectivity index (χ0v) is 17.2. The quantitative estimate of drug-likeness (QED) is 0.784. The number of likely N-dealkylation sites (tertiary alicyclic amines) is 1. The molecule has 3 heterocycles. The summed E-state index contributed by atoms with van der Waals surface area (Å²) in [5.74, 6) is 1.65. The van der Waals surface area contributed by atoms with Crippen LogP contribution in [0.1, 0.15) is 36.4 Å². The van der Waals surface area contributed by atoms with Crippen molar-refractivity contribution in [1.29, 1.82) is 5.26 Å². The van der Waals surface area contributed by atoms with Gasteiger partial charge in [0, 0.05) is 43.6 Å². The zero-order valence-electron chi connectivity index (χ0n) is 17.2. The lowest BCUT2D eigenvalue weighted by molar-refractivity contribution is -0.139. The molecule has 0 bridgehead atoms. The Kier molecular flexibility index (Phi) is 4.82. The Morgan fingerprint density at radius 2 is 1.97 bits per heavy atom. The number of carbonyl (C=O) groups excluding carboxylic acids is 1. The van der Waals surface area contributed by atoms with Crippen LogP contribution in [0.2, 0.25) is 0 Å². The fraction of sp³-hybridized carbons (Fsp3) is 0.458. The Bertz CT molecular complexity index is 982. The van der Waals surface area contributed by atoms with Crippen molar-refractivity contribution < 1.29 is 9.53 Å². The molecule has 5 rings (SSSR count). The van der Waals surface area contributed by atoms with E-state index in [1.165, 1.54) is 12.0 Å². The molecule has 3 aliphatic rings. The third kappa shape index (κ3) is 3.00. The van der Waals surface area contributed by atoms with E-state index in [-0.39, 0.29) is 12.0 Å². The molecule has 1 saturated carbocycles. The predicted octanol–water partition coefficient (Wildman–Crippen LogP) is 3.40. The number of methoxy groups -OCH3 is 1. The van der Waals surface area contributed by atoms with Gasteiger partial charge in [-0.05, 0) is 24.5 Å². The molecule has 1 amide bonds. The Hall–Kier alpha value is -3.07. The summed E-state index contributed by atoms with van der Waals surface area (Å²) in [5, 5.41) is 9.68. The molecule has 0 spiro atoms. The maximum Gasteiger partial charge on any atom is 0.233 e. The number of aromatic nitrogens is 1. The fourth-order valence-corrected chi connectivity index (χ4v) is 5.39. The highest BCUT2D eigenvalue weighted by molar-refractivity contribution is 5.80. The van der Waals surface area contributed by atoms with Gasteiger partial charge in [0.05, 0.1) is 18.8 Å². The van der Waals surface area contributed by atoms with Crippen LogP contribution in [0.25, 0.3) is 0 Å². The number of fused-ring (bicyclic) bond motifs is 1. The molecule has 1 aromatic heterocycles. The Balaban J connectivity index is 1.46. The number of pyridine rings is 1. The minimum atomic E-state index is 0.101. The summed E-state index contributed by atoms with van der Waals surface area (Å²) in [7, 11) is 1.54. The van der Waals surface area contributed by atoms with Crippen molar-refractivity contribution in [3.8, 4) is 11.9 Å². The minimum Gasteiger partial charge on any atom is -0.480 e. The van der Waals surface area contributed by atoms with Crippen molar-refractivity contribution >= 4 is 11.6 Å². The monoisotopic (exact) mass is 402 g/mol. The highest BCUT2D eigenvalue weighted by Gasteiger charge is 2.50. The van der Waals surface area contributed by atoms with E-state index >= 15 is 0 Å². The molecule has 0 unspecified atom stereocenters. The first-order valence-electron chi connectivity index (χ1n) is 10.7. The van der Waals surface area contributed by atoms with Crippen LogP contribution in [0, 0.1) is 29.1 Å². The molecule has 3 fully saturated rings. The van der Waals surface area contributed by atoms with E-state index in [0.29, 0.717) is 29.2 Å². The lowest BCUT2D eigenvalue weighted by Gasteiger charge is -2.35. The highest BCUT2D eigenvalue weighted by Crippen LogP contribution is 2.48. The topological polar surface area (TPSA) is 69.5 Å². The lowest BCUT2D eigenvalue weighted by Crippen LogP contribution is -2.41. The van der Waals surface area contributed by atoms with Crippen LogP contribution in [0.5, 0.6) is 5.88 Å². The van der Waals surface area contributed by atoms with Gasteiger partial charge in [-0.2, -0.15) is 5.26 Å². The second-order valence-electron chi connectivity index (χ2n) is 8.63. The number of nitriles is 1. The summed E-state index contributed by atoms with van der Waals surface area (Å²) in [5.41, 5.74) is 2.58. The molecule has 2 saturated heterocycles. The van der Waals surface area contributed by atoms with Gasteiger partial charge in [0.2, 0.25) is 11.8 Å². The summed E-state index contributed by atoms with van der Waals surface area (Å²) < 4.78 is 5.30. The van der Waals surface area contributed by atoms with Crippen LogP contribution in [-0.2, 0) is 4.79 Å². The molecule has 3 atom stereocenters. The smallest absolute Gasteiger partial charge is 0.233 e. The SMILES string of the molecule is COc1nccc(N2C[C@H]3CN(C(=O)C4CCC4)[C@@H](c4ccccc4)[C@H]3C2)c1C#N. The van der Waals surface area contributed by atoms with Gasteiger partial charge < -0.3 is 14.5 Å². The van der Waals surface area contributed by atoms with Crippen LogP contribution < -0.4 is 9.64 Å². The van der Waals surface area contributed by atoms with Crippen molar-refractivity contribution in [3.63, 3.8) is 0 Å². The predicted molar refractivity (Wildman–Crippen MR) is 113 cm³/mol. The molecule has 2 aromatic rings. The van der Waals surface area contributed by atoms with E-state index in [0.717, 1.165) is 38.2 Å². The minimum absolute atomic E-state index is 0.101. The van der Waals surface area contributed by atoms with Gasteiger partial charge in [-0.15, -0.1) is 0 Å². The molecule has 6 heteroatoms. The summed E-state index contributed by atoms with van der Waals surface area (Å²) in [4.78, 5) is 21.8. The first-order valence-corrected chi connectivity index (χ1v) is 10.7. The van der Waals surface area contributed by atoms with E-state index < -0.39 is 0 Å². The summed E-state index contributed by atoms with van der Waals surface area (Å²) >= 11 is 0. The third-order valence-electron chi connectivity index (χ3n) is 7.08. The molecule has 0 radical (unpaired) electrons. The first kappa shape index (κ1) is 18.9. The molecule has 2 aliphatic heterocycles. The van der Waals surface area contributed by atoms with Crippen LogP contribution in [0.15, 0.2) is 42.6 Å². The molecule has 30 heavy (non-hydrogen) atoms. The van der Waals surface area contributed by atoms with Gasteiger partial charge in [-0.1, -0.05) is 36.8 Å². The average Bonchev–Trinajstić information content (AvgIpc) is 3.30. The van der Waals surface area contributed by atoms with E-state index in [1.807, 2.05) is 12.1 Å². The fourth-order valence-electron chi connectivity index (χ4n) is 5.39. The van der Waals surface area contributed by atoms with Gasteiger partial charge >= 0.3 is 0 Å². The zero-order chi connectivity index (χ0) is 20.7. The van der Waals surface area contributed by atoms with E-state index in [4.69, 9.17) is 4.74 Å². The maximum atomic E-state index is 13.2. The highest BCUT2D eigenvalue weighted by atomic mass is 16.5. The van der Waals surface area contributed by atoms with Gasteiger partial charge in [-0.3, -0.25) is 4.79 Å². The van der Waals surface area contributed by atoms with Crippen molar-refractivity contribution in [3.05, 3.63) is 53.7 Å². The Labute approximate surface area is 177 Å². The van der Waals surface area contributed by atoms with Crippen molar-refractivity contribution in [2.45, 2.75) is 25.3 Å². The van der Waals surface area contributed by atoms with Crippen LogP contribution in [0.4, 0.5) is 5.69 Å². The normalized spacial score (nSPS) is 25.5. The summed E-state index contributed by atoms with van der Waals surface area (Å²) in [6, 6.07) is 14.7. The number of hydrogen-bond acceptors (Lipinski definition) is 5. The van der Waals surface area contributed by atoms with E-state index in [9.17, 15) is 10.1 Å². The average molecular weight is 402 g/mol. The van der Waals surface area contributed by atoms with Gasteiger partial charge in [-0.25, -0.2) is 4.98 Å². The molecular weight excluding hydrogens is 376 g/mol. The summed E-state index contributed by atoms with van der Waals surface area (Å²) in [6.07, 6.45) is 4.92. The van der Waals surface area contributed by atoms with Gasteiger partial charge in [0.1, 0.15) is 11.6 Å². The second kappa shape index (κ2) is 7.64. The van der Waals surface area contributed by atoms with E-state index in [1.54, 1.807) is 13.3 Å². The molecule has 0 N–H and O–H groups in total. The van der Waals surface area contributed by atoms with Gasteiger partial charge in [0.15, 0.2) is 0 Å². The Morgan fingerprint density at radius 3 is 2.63 bits per heavy atom. The standard InChI is InChI=1S/C24H26N4O2/c1-30-23-19(12-25)21(10-11-26-23)27-13-18-14-28(24(29)17-8-5-9-17)22(20(18)15-27)16-6-3-2-4-7-16/h2-4,6-7,10-11,17-18,20,22H,5,8-9,13-15H2,1H3/t18-,20-,22-/m0/s1. The second-order valence-corrected chi connectivity index (χ2v) is 8.63. The van der Waals surface area contributed by atoms with Crippen molar-refractivity contribution in [2.75, 3.05) is 31.6 Å². The number of benzene rings is 1. The van der Waals surface area contributed by atoms with Crippen molar-refractivity contribution in [1.82, 2.24) is 9.88 Å². The number of rotatable bonds is 4.